The number of fused-ring (bicyclic) bond motifs is 1. The van der Waals surface area contributed by atoms with Gasteiger partial charge in [-0.25, -0.2) is 8.78 Å². The summed E-state index contributed by atoms with van der Waals surface area (Å²) in [5, 5.41) is 40.1. The molecule has 2 aliphatic heterocycles. The van der Waals surface area contributed by atoms with E-state index >= 15 is 0 Å². The molecule has 0 saturated carbocycles. The predicted octanol–water partition coefficient (Wildman–Crippen LogP) is 1.55. The number of benzene rings is 2. The number of halogens is 2. The van der Waals surface area contributed by atoms with E-state index in [1.807, 2.05) is 30.3 Å². The molecule has 6 nitrogen and oxygen atoms in total. The molecule has 30 heavy (non-hydrogen) atoms. The van der Waals surface area contributed by atoms with Gasteiger partial charge in [0.2, 0.25) is 6.43 Å². The van der Waals surface area contributed by atoms with E-state index in [0.29, 0.717) is 0 Å². The van der Waals surface area contributed by atoms with Crippen molar-refractivity contribution in [2.24, 2.45) is 0 Å². The maximum Gasteiger partial charge on any atom is 0.249 e. The van der Waals surface area contributed by atoms with Crippen molar-refractivity contribution in [3.8, 4) is 5.75 Å². The van der Waals surface area contributed by atoms with E-state index in [4.69, 9.17) is 9.47 Å². The second kappa shape index (κ2) is 8.56. The maximum absolute atomic E-state index is 14.2. The van der Waals surface area contributed by atoms with Crippen LogP contribution >= 0.6 is 0 Å². The zero-order valence-electron chi connectivity index (χ0n) is 16.0. The Bertz CT molecular complexity index is 862. The molecule has 7 atom stereocenters. The van der Waals surface area contributed by atoms with Crippen LogP contribution in [0.1, 0.15) is 28.7 Å². The minimum Gasteiger partial charge on any atom is -0.489 e. The summed E-state index contributed by atoms with van der Waals surface area (Å²) in [5.74, 6) is -0.987. The molecule has 0 aliphatic carbocycles. The van der Waals surface area contributed by atoms with Crippen molar-refractivity contribution in [3.63, 3.8) is 0 Å². The summed E-state index contributed by atoms with van der Waals surface area (Å²) in [6.45, 7) is -0.595. The average molecular weight is 422 g/mol. The van der Waals surface area contributed by atoms with E-state index in [-0.39, 0.29) is 23.3 Å². The smallest absolute Gasteiger partial charge is 0.249 e. The van der Waals surface area contributed by atoms with Crippen molar-refractivity contribution in [1.82, 2.24) is 0 Å². The molecule has 4 rings (SSSR count). The summed E-state index contributed by atoms with van der Waals surface area (Å²) in [7, 11) is 0. The van der Waals surface area contributed by atoms with Crippen molar-refractivity contribution in [2.45, 2.75) is 55.4 Å². The number of aliphatic hydroxyl groups excluding tert-OH is 4. The van der Waals surface area contributed by atoms with Gasteiger partial charge < -0.3 is 29.9 Å². The Hall–Kier alpha value is -2.10. The summed E-state index contributed by atoms with van der Waals surface area (Å²) in [6, 6.07) is 13.9. The summed E-state index contributed by atoms with van der Waals surface area (Å²) < 4.78 is 39.9. The van der Waals surface area contributed by atoms with E-state index in [1.165, 1.54) is 6.07 Å². The first-order valence-electron chi connectivity index (χ1n) is 9.84. The number of hydrogen-bond acceptors (Lipinski definition) is 6. The van der Waals surface area contributed by atoms with Crippen LogP contribution in [0.5, 0.6) is 5.75 Å². The van der Waals surface area contributed by atoms with Crippen LogP contribution in [0.25, 0.3) is 0 Å². The lowest BCUT2D eigenvalue weighted by Crippen LogP contribution is -2.55. The highest BCUT2D eigenvalue weighted by Crippen LogP contribution is 2.48. The van der Waals surface area contributed by atoms with E-state index in [2.05, 4.69) is 0 Å². The fourth-order valence-electron chi connectivity index (χ4n) is 4.35. The van der Waals surface area contributed by atoms with Gasteiger partial charge in [0.1, 0.15) is 42.4 Å². The lowest BCUT2D eigenvalue weighted by atomic mass is 9.83. The quantitative estimate of drug-likeness (QED) is 0.584. The van der Waals surface area contributed by atoms with Crippen molar-refractivity contribution in [2.75, 3.05) is 6.61 Å². The third-order valence-electron chi connectivity index (χ3n) is 5.86. The van der Waals surface area contributed by atoms with Crippen molar-refractivity contribution in [3.05, 3.63) is 65.2 Å². The van der Waals surface area contributed by atoms with Gasteiger partial charge in [-0.1, -0.05) is 42.5 Å². The molecule has 162 valence electrons. The molecule has 0 bridgehead atoms. The first-order valence-corrected chi connectivity index (χ1v) is 9.84. The van der Waals surface area contributed by atoms with E-state index in [0.717, 1.165) is 5.56 Å². The Morgan fingerprint density at radius 2 is 1.60 bits per heavy atom. The van der Waals surface area contributed by atoms with Gasteiger partial charge in [-0.15, -0.1) is 0 Å². The maximum atomic E-state index is 14.2. The van der Waals surface area contributed by atoms with Crippen molar-refractivity contribution in [1.29, 1.82) is 0 Å². The Morgan fingerprint density at radius 1 is 0.867 bits per heavy atom. The molecular formula is C22H24F2O6. The molecule has 2 aromatic rings. The average Bonchev–Trinajstić information content (AvgIpc) is 3.11. The van der Waals surface area contributed by atoms with Gasteiger partial charge in [-0.2, -0.15) is 0 Å². The first-order chi connectivity index (χ1) is 14.4. The summed E-state index contributed by atoms with van der Waals surface area (Å²) in [6.07, 6.45) is -10.3. The van der Waals surface area contributed by atoms with Gasteiger partial charge >= 0.3 is 0 Å². The predicted molar refractivity (Wildman–Crippen MR) is 102 cm³/mol. The standard InChI is InChI=1S/C22H24F2O6/c23-22(24)17-14(9-11-5-2-1-3-6-11)29-13-8-4-7-12(16(13)17)21-20(28)19(27)18(26)15(10-25)30-21/h1-8,14-15,17-22,25-28H,9-10H2. The topological polar surface area (TPSA) is 99.4 Å². The third-order valence-corrected chi connectivity index (χ3v) is 5.86. The molecule has 0 aromatic heterocycles. The van der Waals surface area contributed by atoms with Gasteiger partial charge in [-0.3, -0.25) is 0 Å². The highest BCUT2D eigenvalue weighted by atomic mass is 19.3. The van der Waals surface area contributed by atoms with Crippen LogP contribution in [-0.4, -0.2) is 64.0 Å². The van der Waals surface area contributed by atoms with Crippen LogP contribution in [0.4, 0.5) is 8.78 Å². The van der Waals surface area contributed by atoms with E-state index in [1.54, 1.807) is 12.1 Å². The molecule has 2 aromatic carbocycles. The minimum absolute atomic E-state index is 0.220. The Morgan fingerprint density at radius 3 is 2.27 bits per heavy atom. The number of aliphatic hydroxyl groups is 4. The first kappa shape index (κ1) is 21.1. The van der Waals surface area contributed by atoms with Crippen molar-refractivity contribution < 1.29 is 38.7 Å². The molecule has 0 radical (unpaired) electrons. The molecule has 2 heterocycles. The van der Waals surface area contributed by atoms with E-state index in [9.17, 15) is 29.2 Å². The van der Waals surface area contributed by atoms with Gasteiger partial charge in [0.25, 0.3) is 0 Å². The second-order valence-electron chi connectivity index (χ2n) is 7.71. The number of ether oxygens (including phenoxy) is 2. The zero-order chi connectivity index (χ0) is 21.4. The highest BCUT2D eigenvalue weighted by molar-refractivity contribution is 5.49. The SMILES string of the molecule is OCC1OC(c2cccc3c2C(C(F)F)C(Cc2ccccc2)O3)C(O)C(O)C1O. The van der Waals surface area contributed by atoms with Gasteiger partial charge in [0.15, 0.2) is 0 Å². The number of hydrogen-bond donors (Lipinski definition) is 4. The third kappa shape index (κ3) is 3.70. The Balaban J connectivity index is 1.70. The Labute approximate surface area is 172 Å². The molecule has 1 fully saturated rings. The van der Waals surface area contributed by atoms with Crippen LogP contribution in [0, 0.1) is 0 Å². The summed E-state index contributed by atoms with van der Waals surface area (Å²) in [5.41, 5.74) is 1.33. The van der Waals surface area contributed by atoms with Gasteiger partial charge in [0, 0.05) is 12.0 Å². The van der Waals surface area contributed by atoms with Gasteiger partial charge in [0.05, 0.1) is 12.5 Å². The van der Waals surface area contributed by atoms with E-state index < -0.39 is 55.6 Å². The molecule has 1 saturated heterocycles. The normalized spacial score (nSPS) is 33.4. The lowest BCUT2D eigenvalue weighted by molar-refractivity contribution is -0.232. The zero-order valence-corrected chi connectivity index (χ0v) is 16.0. The Kier molecular flexibility index (Phi) is 6.04. The summed E-state index contributed by atoms with van der Waals surface area (Å²) >= 11 is 0. The highest BCUT2D eigenvalue weighted by Gasteiger charge is 2.48. The van der Waals surface area contributed by atoms with Crippen LogP contribution < -0.4 is 4.74 Å². The molecule has 7 unspecified atom stereocenters. The van der Waals surface area contributed by atoms with Crippen LogP contribution in [0.2, 0.25) is 0 Å². The number of rotatable bonds is 5. The largest absolute Gasteiger partial charge is 0.489 e. The monoisotopic (exact) mass is 422 g/mol. The minimum atomic E-state index is -2.73. The number of alkyl halides is 2. The molecule has 4 N–H and O–H groups in total. The molecule has 2 aliphatic rings. The lowest BCUT2D eigenvalue weighted by Gasteiger charge is -2.41. The molecule has 8 heteroatoms. The van der Waals surface area contributed by atoms with Gasteiger partial charge in [-0.05, 0) is 17.2 Å². The van der Waals surface area contributed by atoms with Crippen LogP contribution in [0.3, 0.4) is 0 Å². The van der Waals surface area contributed by atoms with Crippen LogP contribution in [0.15, 0.2) is 48.5 Å². The second-order valence-corrected chi connectivity index (χ2v) is 7.71. The fourth-order valence-corrected chi connectivity index (χ4v) is 4.35. The molecule has 0 spiro atoms. The fraction of sp³-hybridized carbons (Fsp3) is 0.455. The van der Waals surface area contributed by atoms with Crippen LogP contribution in [-0.2, 0) is 11.2 Å². The summed E-state index contributed by atoms with van der Waals surface area (Å²) in [4.78, 5) is 0. The molecule has 0 amide bonds. The molecular weight excluding hydrogens is 398 g/mol. The van der Waals surface area contributed by atoms with Crippen molar-refractivity contribution >= 4 is 0 Å².